The smallest absolute Gasteiger partial charge is 0.0541 e. The van der Waals surface area contributed by atoms with E-state index in [0.29, 0.717) is 5.41 Å². The molecule has 1 heterocycles. The lowest BCUT2D eigenvalue weighted by molar-refractivity contribution is 0.0924. The third-order valence-electron chi connectivity index (χ3n) is 9.32. The summed E-state index contributed by atoms with van der Waals surface area (Å²) in [6.45, 7) is 9.91. The molecule has 2 aliphatic rings. The maximum atomic E-state index is 2.55. The molecule has 5 rings (SSSR count). The summed E-state index contributed by atoms with van der Waals surface area (Å²) in [4.78, 5) is 0. The lowest BCUT2D eigenvalue weighted by atomic mass is 9.58. The van der Waals surface area contributed by atoms with E-state index < -0.39 is 0 Å². The summed E-state index contributed by atoms with van der Waals surface area (Å²) >= 11 is 0. The van der Waals surface area contributed by atoms with E-state index in [-0.39, 0.29) is 10.8 Å². The van der Waals surface area contributed by atoms with Gasteiger partial charge in [-0.3, -0.25) is 0 Å². The summed E-state index contributed by atoms with van der Waals surface area (Å²) in [6.07, 6.45) is 19.2. The summed E-state index contributed by atoms with van der Waals surface area (Å²) in [7, 11) is 0. The van der Waals surface area contributed by atoms with Gasteiger partial charge in [0.15, 0.2) is 0 Å². The summed E-state index contributed by atoms with van der Waals surface area (Å²) in [5.41, 5.74) is 6.04. The Morgan fingerprint density at radius 2 is 1.39 bits per heavy atom. The molecule has 1 saturated carbocycles. The predicted molar refractivity (Wildman–Crippen MR) is 144 cm³/mol. The zero-order valence-electron chi connectivity index (χ0n) is 20.9. The molecule has 1 fully saturated rings. The molecule has 0 saturated heterocycles. The van der Waals surface area contributed by atoms with Crippen LogP contribution in [-0.4, -0.2) is 4.57 Å². The maximum absolute atomic E-state index is 2.55. The Morgan fingerprint density at radius 3 is 2.09 bits per heavy atom. The second kappa shape index (κ2) is 8.35. The van der Waals surface area contributed by atoms with Crippen molar-refractivity contribution in [3.8, 4) is 5.69 Å². The molecule has 0 amide bonds. The average Bonchev–Trinajstić information content (AvgIpc) is 3.02. The zero-order valence-corrected chi connectivity index (χ0v) is 20.9. The van der Waals surface area contributed by atoms with Crippen LogP contribution in [0.5, 0.6) is 0 Å². The van der Waals surface area contributed by atoms with Crippen LogP contribution in [-0.2, 0) is 0 Å². The first-order valence-corrected chi connectivity index (χ1v) is 13.0. The van der Waals surface area contributed by atoms with Gasteiger partial charge in [-0.2, -0.15) is 0 Å². The Bertz CT molecular complexity index is 1180. The van der Waals surface area contributed by atoms with Gasteiger partial charge in [0.1, 0.15) is 0 Å². The van der Waals surface area contributed by atoms with Gasteiger partial charge in [-0.05, 0) is 60.8 Å². The Kier molecular flexibility index (Phi) is 5.63. The largest absolute Gasteiger partial charge is 0.309 e. The molecule has 0 radical (unpaired) electrons. The van der Waals surface area contributed by atoms with E-state index in [4.69, 9.17) is 0 Å². The highest BCUT2D eigenvalue weighted by atomic mass is 15.0. The number of benzene rings is 2. The monoisotopic (exact) mass is 437 g/mol. The van der Waals surface area contributed by atoms with E-state index in [1.165, 1.54) is 72.8 Å². The quantitative estimate of drug-likeness (QED) is 0.384. The van der Waals surface area contributed by atoms with E-state index in [9.17, 15) is 0 Å². The van der Waals surface area contributed by atoms with Gasteiger partial charge in [-0.25, -0.2) is 0 Å². The molecule has 2 aliphatic carbocycles. The molecule has 0 N–H and O–H groups in total. The van der Waals surface area contributed by atoms with E-state index >= 15 is 0 Å². The number of nitrogens with zero attached hydrogens (tertiary/aromatic N) is 1. The Labute approximate surface area is 200 Å². The number of rotatable bonds is 3. The van der Waals surface area contributed by atoms with Crippen LogP contribution >= 0.6 is 0 Å². The first-order valence-electron chi connectivity index (χ1n) is 13.0. The van der Waals surface area contributed by atoms with Gasteiger partial charge < -0.3 is 4.57 Å². The van der Waals surface area contributed by atoms with Gasteiger partial charge in [0.25, 0.3) is 0 Å². The number of hydrogen-bond acceptors (Lipinski definition) is 0. The van der Waals surface area contributed by atoms with Crippen molar-refractivity contribution in [2.75, 3.05) is 0 Å². The highest BCUT2D eigenvalue weighted by molar-refractivity contribution is 5.96. The summed E-state index contributed by atoms with van der Waals surface area (Å²) in [5.74, 6) is 0. The summed E-state index contributed by atoms with van der Waals surface area (Å²) in [5, 5.41) is 1.34. The van der Waals surface area contributed by atoms with Crippen molar-refractivity contribution >= 4 is 23.1 Å². The fourth-order valence-corrected chi connectivity index (χ4v) is 6.40. The molecule has 1 atom stereocenters. The highest BCUT2D eigenvalue weighted by Gasteiger charge is 2.42. The molecule has 0 aliphatic heterocycles. The molecule has 1 heteroatoms. The van der Waals surface area contributed by atoms with Crippen LogP contribution < -0.4 is 0 Å². The van der Waals surface area contributed by atoms with Crippen LogP contribution in [0.2, 0.25) is 0 Å². The number of fused-ring (bicyclic) bond motifs is 3. The van der Waals surface area contributed by atoms with E-state index in [1.807, 2.05) is 0 Å². The lowest BCUT2D eigenvalue weighted by Crippen LogP contribution is -2.36. The number of allylic oxidation sites excluding steroid dienone is 2. The normalized spacial score (nSPS) is 29.9. The van der Waals surface area contributed by atoms with E-state index in [0.717, 1.165) is 0 Å². The summed E-state index contributed by atoms with van der Waals surface area (Å²) in [6, 6.07) is 19.6. The fraction of sp³-hybridized carbons (Fsp3) is 0.438. The molecular formula is C32H39N. The summed E-state index contributed by atoms with van der Waals surface area (Å²) < 4.78 is 2.43. The van der Waals surface area contributed by atoms with Gasteiger partial charge in [0.2, 0.25) is 0 Å². The molecular weight excluding hydrogens is 398 g/mol. The van der Waals surface area contributed by atoms with E-state index in [2.05, 4.69) is 111 Å². The van der Waals surface area contributed by atoms with Crippen LogP contribution in [0, 0.1) is 16.2 Å². The third kappa shape index (κ3) is 3.80. The van der Waals surface area contributed by atoms with Gasteiger partial charge in [0, 0.05) is 22.1 Å². The molecule has 0 spiro atoms. The second-order valence-corrected chi connectivity index (χ2v) is 11.4. The molecule has 0 bridgehead atoms. The number of hydrogen-bond donors (Lipinski definition) is 0. The minimum Gasteiger partial charge on any atom is -0.309 e. The average molecular weight is 438 g/mol. The molecule has 172 valence electrons. The maximum Gasteiger partial charge on any atom is 0.0541 e. The topological polar surface area (TPSA) is 4.93 Å². The molecule has 2 aromatic carbocycles. The van der Waals surface area contributed by atoms with Gasteiger partial charge in [0.05, 0.1) is 11.2 Å². The number of aromatic nitrogens is 1. The van der Waals surface area contributed by atoms with Crippen LogP contribution in [0.25, 0.3) is 28.7 Å². The predicted octanol–water partition coefficient (Wildman–Crippen LogP) is 9.45. The first-order chi connectivity index (χ1) is 15.9. The Hall–Kier alpha value is -2.54. The van der Waals surface area contributed by atoms with E-state index in [1.54, 1.807) is 0 Å². The Balaban J connectivity index is 1.56. The SMILES string of the molecule is CCC1(C)CCCC(C)(C2(C)C=Cc3c(n(-c4ccccc4)c4ccccc34)C=C2)CCC1. The second-order valence-electron chi connectivity index (χ2n) is 11.4. The van der Waals surface area contributed by atoms with Crippen molar-refractivity contribution in [3.05, 3.63) is 78.0 Å². The van der Waals surface area contributed by atoms with Crippen molar-refractivity contribution in [3.63, 3.8) is 0 Å². The van der Waals surface area contributed by atoms with Crippen molar-refractivity contribution < 1.29 is 0 Å². The first kappa shape index (κ1) is 22.3. The minimum absolute atomic E-state index is 0.0502. The van der Waals surface area contributed by atoms with Crippen LogP contribution in [0.15, 0.2) is 66.7 Å². The minimum atomic E-state index is 0.0502. The van der Waals surface area contributed by atoms with Gasteiger partial charge in [-0.15, -0.1) is 0 Å². The molecule has 1 nitrogen and oxygen atoms in total. The van der Waals surface area contributed by atoms with Crippen molar-refractivity contribution in [1.82, 2.24) is 4.57 Å². The van der Waals surface area contributed by atoms with Crippen LogP contribution in [0.3, 0.4) is 0 Å². The fourth-order valence-electron chi connectivity index (χ4n) is 6.40. The standard InChI is InChI=1S/C32H39N/c1-5-30(2)19-11-21-31(3,22-12-20-30)32(4)23-17-27-26-15-9-10-16-28(26)33(29(27)18-24-32)25-13-7-6-8-14-25/h6-10,13-18,23-24H,5,11-12,19-22H2,1-4H3. The zero-order chi connectivity index (χ0) is 23.1. The van der Waals surface area contributed by atoms with Gasteiger partial charge >= 0.3 is 0 Å². The Morgan fingerprint density at radius 1 is 0.758 bits per heavy atom. The lowest BCUT2D eigenvalue weighted by Gasteiger charge is -2.46. The molecule has 1 unspecified atom stereocenters. The third-order valence-corrected chi connectivity index (χ3v) is 9.32. The molecule has 3 aromatic rings. The van der Waals surface area contributed by atoms with Crippen molar-refractivity contribution in [1.29, 1.82) is 0 Å². The van der Waals surface area contributed by atoms with Crippen LogP contribution in [0.4, 0.5) is 0 Å². The highest BCUT2D eigenvalue weighted by Crippen LogP contribution is 2.53. The van der Waals surface area contributed by atoms with Crippen molar-refractivity contribution in [2.24, 2.45) is 16.2 Å². The molecule has 33 heavy (non-hydrogen) atoms. The van der Waals surface area contributed by atoms with Gasteiger partial charge in [-0.1, -0.05) is 102 Å². The number of para-hydroxylation sites is 2. The van der Waals surface area contributed by atoms with Crippen LogP contribution in [0.1, 0.15) is 83.9 Å². The molecule has 1 aromatic heterocycles. The van der Waals surface area contributed by atoms with Crippen molar-refractivity contribution in [2.45, 2.75) is 72.6 Å².